The molecule has 0 aliphatic carbocycles. The van der Waals surface area contributed by atoms with Crippen molar-refractivity contribution in [2.45, 2.75) is 13.0 Å². The first-order valence-electron chi connectivity index (χ1n) is 6.70. The number of para-hydroxylation sites is 1. The van der Waals surface area contributed by atoms with Crippen LogP contribution in [0.15, 0.2) is 18.2 Å². The zero-order chi connectivity index (χ0) is 14.5. The van der Waals surface area contributed by atoms with Crippen LogP contribution in [0.2, 0.25) is 0 Å². The number of nitrogens with two attached hydrogens (primary N) is 1. The van der Waals surface area contributed by atoms with Crippen LogP contribution in [-0.2, 0) is 4.74 Å². The summed E-state index contributed by atoms with van der Waals surface area (Å²) in [7, 11) is 0. The maximum absolute atomic E-state index is 12.6. The molecule has 1 aromatic rings. The summed E-state index contributed by atoms with van der Waals surface area (Å²) in [6, 6.07) is 5.14. The fourth-order valence-corrected chi connectivity index (χ4v) is 2.21. The van der Waals surface area contributed by atoms with Gasteiger partial charge < -0.3 is 25.2 Å². The molecule has 3 N–H and O–H groups in total. The smallest absolute Gasteiger partial charge is 0.257 e. The molecule has 1 heterocycles. The van der Waals surface area contributed by atoms with Crippen LogP contribution in [0.25, 0.3) is 0 Å². The van der Waals surface area contributed by atoms with E-state index >= 15 is 0 Å². The standard InChI is InChI=1S/C14H20N2O4/c1-2-19-13-11(4-3-5-12(13)15)14(18)16-6-7-20-10(8-16)9-17/h3-5,10,17H,2,6-9,15H2,1H3. The van der Waals surface area contributed by atoms with Gasteiger partial charge in [0.15, 0.2) is 5.75 Å². The van der Waals surface area contributed by atoms with Crippen LogP contribution in [-0.4, -0.2) is 54.9 Å². The number of aliphatic hydroxyl groups is 1. The van der Waals surface area contributed by atoms with Crippen LogP contribution in [0.5, 0.6) is 5.75 Å². The summed E-state index contributed by atoms with van der Waals surface area (Å²) >= 11 is 0. The van der Waals surface area contributed by atoms with Gasteiger partial charge in [-0.05, 0) is 19.1 Å². The zero-order valence-corrected chi connectivity index (χ0v) is 11.5. The predicted octanol–water partition coefficient (Wildman–Crippen LogP) is 0.501. The largest absolute Gasteiger partial charge is 0.491 e. The molecule has 6 heteroatoms. The number of rotatable bonds is 4. The van der Waals surface area contributed by atoms with Crippen LogP contribution in [0.3, 0.4) is 0 Å². The molecule has 0 saturated carbocycles. The van der Waals surface area contributed by atoms with Crippen molar-refractivity contribution in [1.82, 2.24) is 4.90 Å². The Morgan fingerprint density at radius 2 is 2.40 bits per heavy atom. The zero-order valence-electron chi connectivity index (χ0n) is 11.5. The maximum Gasteiger partial charge on any atom is 0.257 e. The van der Waals surface area contributed by atoms with Crippen LogP contribution in [0.1, 0.15) is 17.3 Å². The third-order valence-corrected chi connectivity index (χ3v) is 3.19. The molecular weight excluding hydrogens is 260 g/mol. The van der Waals surface area contributed by atoms with Gasteiger partial charge in [0.05, 0.1) is 37.2 Å². The molecule has 0 radical (unpaired) electrons. The molecular formula is C14H20N2O4. The highest BCUT2D eigenvalue weighted by Crippen LogP contribution is 2.28. The normalized spacial score (nSPS) is 18.9. The number of hydrogen-bond donors (Lipinski definition) is 2. The molecule has 6 nitrogen and oxygen atoms in total. The van der Waals surface area contributed by atoms with Crippen molar-refractivity contribution in [2.75, 3.05) is 38.6 Å². The van der Waals surface area contributed by atoms with E-state index in [1.165, 1.54) is 0 Å². The summed E-state index contributed by atoms with van der Waals surface area (Å²) < 4.78 is 10.8. The van der Waals surface area contributed by atoms with Gasteiger partial charge in [-0.25, -0.2) is 0 Å². The first-order chi connectivity index (χ1) is 9.67. The second-order valence-electron chi connectivity index (χ2n) is 4.58. The molecule has 110 valence electrons. The van der Waals surface area contributed by atoms with E-state index in [0.29, 0.717) is 43.3 Å². The Labute approximate surface area is 118 Å². The van der Waals surface area contributed by atoms with Gasteiger partial charge >= 0.3 is 0 Å². The molecule has 1 saturated heterocycles. The number of amides is 1. The van der Waals surface area contributed by atoms with Crippen molar-refractivity contribution in [3.8, 4) is 5.75 Å². The summed E-state index contributed by atoms with van der Waals surface area (Å²) in [5, 5.41) is 9.14. The number of hydrogen-bond acceptors (Lipinski definition) is 5. The second kappa shape index (κ2) is 6.58. The number of nitrogens with zero attached hydrogens (tertiary/aromatic N) is 1. The highest BCUT2D eigenvalue weighted by atomic mass is 16.5. The van der Waals surface area contributed by atoms with E-state index in [-0.39, 0.29) is 18.6 Å². The van der Waals surface area contributed by atoms with Gasteiger partial charge in [0, 0.05) is 13.1 Å². The average Bonchev–Trinajstić information content (AvgIpc) is 2.49. The van der Waals surface area contributed by atoms with Gasteiger partial charge in [0.2, 0.25) is 0 Å². The Hall–Kier alpha value is -1.79. The Balaban J connectivity index is 2.22. The minimum absolute atomic E-state index is 0.0982. The molecule has 0 aromatic heterocycles. The van der Waals surface area contributed by atoms with E-state index in [0.717, 1.165) is 0 Å². The summed E-state index contributed by atoms with van der Waals surface area (Å²) in [6.45, 7) is 3.47. The van der Waals surface area contributed by atoms with E-state index in [1.807, 2.05) is 6.92 Å². The van der Waals surface area contributed by atoms with Crippen molar-refractivity contribution < 1.29 is 19.4 Å². The molecule has 1 aliphatic heterocycles. The van der Waals surface area contributed by atoms with Gasteiger partial charge in [-0.2, -0.15) is 0 Å². The lowest BCUT2D eigenvalue weighted by molar-refractivity contribution is -0.0447. The number of carbonyl (C=O) groups is 1. The number of nitrogen functional groups attached to an aromatic ring is 1. The first kappa shape index (κ1) is 14.6. The quantitative estimate of drug-likeness (QED) is 0.785. The van der Waals surface area contributed by atoms with Crippen LogP contribution in [0.4, 0.5) is 5.69 Å². The number of morpholine rings is 1. The molecule has 0 spiro atoms. The summed E-state index contributed by atoms with van der Waals surface area (Å²) in [5.74, 6) is 0.273. The van der Waals surface area contributed by atoms with E-state index in [4.69, 9.17) is 20.3 Å². The van der Waals surface area contributed by atoms with Crippen molar-refractivity contribution in [2.24, 2.45) is 0 Å². The molecule has 1 unspecified atom stereocenters. The Morgan fingerprint density at radius 3 is 3.10 bits per heavy atom. The lowest BCUT2D eigenvalue weighted by Crippen LogP contribution is -2.47. The number of ether oxygens (including phenoxy) is 2. The molecule has 2 rings (SSSR count). The molecule has 1 fully saturated rings. The number of carbonyl (C=O) groups excluding carboxylic acids is 1. The minimum atomic E-state index is -0.329. The van der Waals surface area contributed by atoms with Gasteiger partial charge in [0.25, 0.3) is 5.91 Å². The number of anilines is 1. The van der Waals surface area contributed by atoms with Crippen molar-refractivity contribution >= 4 is 11.6 Å². The van der Waals surface area contributed by atoms with E-state index in [9.17, 15) is 4.79 Å². The van der Waals surface area contributed by atoms with Crippen LogP contribution >= 0.6 is 0 Å². The topological polar surface area (TPSA) is 85.0 Å². The van der Waals surface area contributed by atoms with E-state index < -0.39 is 0 Å². The van der Waals surface area contributed by atoms with Gasteiger partial charge in [0.1, 0.15) is 0 Å². The van der Waals surface area contributed by atoms with E-state index in [2.05, 4.69) is 0 Å². The highest BCUT2D eigenvalue weighted by molar-refractivity contribution is 5.98. The molecule has 1 aromatic carbocycles. The maximum atomic E-state index is 12.6. The molecule has 20 heavy (non-hydrogen) atoms. The molecule has 0 bridgehead atoms. The van der Waals surface area contributed by atoms with Crippen LogP contribution in [0, 0.1) is 0 Å². The lowest BCUT2D eigenvalue weighted by atomic mass is 10.1. The Morgan fingerprint density at radius 1 is 1.60 bits per heavy atom. The van der Waals surface area contributed by atoms with Crippen molar-refractivity contribution in [1.29, 1.82) is 0 Å². The van der Waals surface area contributed by atoms with Crippen LogP contribution < -0.4 is 10.5 Å². The molecule has 1 amide bonds. The van der Waals surface area contributed by atoms with Gasteiger partial charge in [-0.3, -0.25) is 4.79 Å². The average molecular weight is 280 g/mol. The number of benzene rings is 1. The van der Waals surface area contributed by atoms with Crippen molar-refractivity contribution in [3.05, 3.63) is 23.8 Å². The third kappa shape index (κ3) is 3.02. The second-order valence-corrected chi connectivity index (χ2v) is 4.58. The Bertz CT molecular complexity index is 478. The highest BCUT2D eigenvalue weighted by Gasteiger charge is 2.26. The fraction of sp³-hybridized carbons (Fsp3) is 0.500. The SMILES string of the molecule is CCOc1c(N)cccc1C(=O)N1CCOC(CO)C1. The molecule has 1 aliphatic rings. The van der Waals surface area contributed by atoms with Gasteiger partial charge in [-0.15, -0.1) is 0 Å². The van der Waals surface area contributed by atoms with E-state index in [1.54, 1.807) is 23.1 Å². The monoisotopic (exact) mass is 280 g/mol. The minimum Gasteiger partial charge on any atom is -0.491 e. The third-order valence-electron chi connectivity index (χ3n) is 3.19. The molecule has 1 atom stereocenters. The lowest BCUT2D eigenvalue weighted by Gasteiger charge is -2.32. The fourth-order valence-electron chi connectivity index (χ4n) is 2.21. The number of aliphatic hydroxyl groups excluding tert-OH is 1. The summed E-state index contributed by atoms with van der Waals surface area (Å²) in [5.41, 5.74) is 6.77. The summed E-state index contributed by atoms with van der Waals surface area (Å²) in [4.78, 5) is 14.2. The predicted molar refractivity (Wildman–Crippen MR) is 74.8 cm³/mol. The van der Waals surface area contributed by atoms with Gasteiger partial charge in [-0.1, -0.05) is 6.07 Å². The van der Waals surface area contributed by atoms with Crippen molar-refractivity contribution in [3.63, 3.8) is 0 Å². The summed E-state index contributed by atoms with van der Waals surface area (Å²) in [6.07, 6.45) is -0.329. The Kier molecular flexibility index (Phi) is 4.81. The first-order valence-corrected chi connectivity index (χ1v) is 6.70.